The third-order valence-electron chi connectivity index (χ3n) is 4.74. The van der Waals surface area contributed by atoms with E-state index in [1.54, 1.807) is 57.2 Å². The van der Waals surface area contributed by atoms with Crippen LogP contribution in [0.2, 0.25) is 0 Å². The van der Waals surface area contributed by atoms with Gasteiger partial charge in [-0.05, 0) is 37.3 Å². The molecule has 3 amide bonds. The zero-order chi connectivity index (χ0) is 24.8. The number of nitrogens with two attached hydrogens (primary N) is 1. The van der Waals surface area contributed by atoms with Gasteiger partial charge >= 0.3 is 0 Å². The van der Waals surface area contributed by atoms with E-state index in [4.69, 9.17) is 5.73 Å². The van der Waals surface area contributed by atoms with Crippen LogP contribution in [-0.2, 0) is 9.59 Å². The van der Waals surface area contributed by atoms with E-state index in [1.807, 2.05) is 0 Å². The van der Waals surface area contributed by atoms with Gasteiger partial charge in [0.15, 0.2) is 10.9 Å². The molecule has 0 radical (unpaired) electrons. The number of primary amides is 1. The van der Waals surface area contributed by atoms with Crippen LogP contribution < -0.4 is 21.9 Å². The van der Waals surface area contributed by atoms with Crippen molar-refractivity contribution < 1.29 is 14.4 Å². The summed E-state index contributed by atoms with van der Waals surface area (Å²) in [5.74, 6) is -1.30. The summed E-state index contributed by atoms with van der Waals surface area (Å²) < 4.78 is 0. The molecule has 1 atom stereocenters. The number of benzene rings is 2. The van der Waals surface area contributed by atoms with Gasteiger partial charge in [-0.2, -0.15) is 0 Å². The maximum absolute atomic E-state index is 12.7. The predicted octanol–water partition coefficient (Wildman–Crippen LogP) is 2.64. The molecule has 0 spiro atoms. The molecule has 0 aliphatic carbocycles. The van der Waals surface area contributed by atoms with E-state index in [9.17, 15) is 19.2 Å². The Labute approximate surface area is 199 Å². The number of carbonyl (C=O) groups is 3. The number of aromatic nitrogens is 3. The van der Waals surface area contributed by atoms with Crippen LogP contribution in [0, 0.1) is 5.92 Å². The fourth-order valence-electron chi connectivity index (χ4n) is 2.81. The molecule has 10 nitrogen and oxygen atoms in total. The Hall–Kier alpha value is -3.99. The highest BCUT2D eigenvalue weighted by Gasteiger charge is 2.19. The van der Waals surface area contributed by atoms with E-state index in [0.29, 0.717) is 22.5 Å². The molecule has 34 heavy (non-hydrogen) atoms. The lowest BCUT2D eigenvalue weighted by Gasteiger charge is -2.13. The van der Waals surface area contributed by atoms with Gasteiger partial charge in [-0.3, -0.25) is 24.2 Å². The highest BCUT2D eigenvalue weighted by atomic mass is 32.2. The first-order valence-electron chi connectivity index (χ1n) is 10.4. The average Bonchev–Trinajstić information content (AvgIpc) is 2.80. The van der Waals surface area contributed by atoms with Crippen molar-refractivity contribution in [3.05, 3.63) is 64.4 Å². The number of nitrogens with one attached hydrogen (secondary N) is 3. The predicted molar refractivity (Wildman–Crippen MR) is 130 cm³/mol. The van der Waals surface area contributed by atoms with Crippen molar-refractivity contribution >= 4 is 40.9 Å². The topological polar surface area (TPSA) is 160 Å². The summed E-state index contributed by atoms with van der Waals surface area (Å²) in [7, 11) is 0. The molecule has 3 aromatic rings. The molecular formula is C23H24N6O4S. The van der Waals surface area contributed by atoms with Gasteiger partial charge in [0.1, 0.15) is 0 Å². The summed E-state index contributed by atoms with van der Waals surface area (Å²) in [5, 5.41) is 13.2. The molecule has 0 bridgehead atoms. The summed E-state index contributed by atoms with van der Waals surface area (Å²) >= 11 is 1.03. The molecule has 0 saturated carbocycles. The van der Waals surface area contributed by atoms with E-state index in [-0.39, 0.29) is 28.6 Å². The van der Waals surface area contributed by atoms with Crippen molar-refractivity contribution in [3.63, 3.8) is 0 Å². The zero-order valence-electron chi connectivity index (χ0n) is 18.8. The summed E-state index contributed by atoms with van der Waals surface area (Å²) in [6.45, 7) is 5.19. The molecular weight excluding hydrogens is 456 g/mol. The maximum Gasteiger partial charge on any atom is 0.278 e. The van der Waals surface area contributed by atoms with Crippen molar-refractivity contribution in [1.82, 2.24) is 15.2 Å². The lowest BCUT2D eigenvalue weighted by molar-refractivity contribution is -0.119. The highest BCUT2D eigenvalue weighted by Crippen LogP contribution is 2.25. The average molecular weight is 481 g/mol. The van der Waals surface area contributed by atoms with Crippen LogP contribution >= 0.6 is 11.8 Å². The fourth-order valence-corrected chi connectivity index (χ4v) is 3.55. The number of hydrogen-bond donors (Lipinski definition) is 4. The number of nitrogens with zero attached hydrogens (tertiary/aromatic N) is 2. The van der Waals surface area contributed by atoms with Crippen molar-refractivity contribution in [3.8, 4) is 11.3 Å². The van der Waals surface area contributed by atoms with Crippen LogP contribution in [0.4, 0.5) is 11.4 Å². The molecule has 1 aromatic heterocycles. The molecule has 0 aliphatic heterocycles. The largest absolute Gasteiger partial charge is 0.366 e. The fraction of sp³-hybridized carbons (Fsp3) is 0.217. The van der Waals surface area contributed by atoms with E-state index >= 15 is 0 Å². The van der Waals surface area contributed by atoms with Crippen LogP contribution in [0.3, 0.4) is 0 Å². The zero-order valence-corrected chi connectivity index (χ0v) is 19.6. The van der Waals surface area contributed by atoms with Gasteiger partial charge in [0, 0.05) is 22.7 Å². The third-order valence-corrected chi connectivity index (χ3v) is 5.71. The number of anilines is 2. The second-order valence-corrected chi connectivity index (χ2v) is 9.02. The Kier molecular flexibility index (Phi) is 7.79. The molecule has 1 heterocycles. The Bertz CT molecular complexity index is 1270. The second kappa shape index (κ2) is 10.8. The molecule has 1 unspecified atom stereocenters. The van der Waals surface area contributed by atoms with Gasteiger partial charge in [0.2, 0.25) is 17.7 Å². The highest BCUT2D eigenvalue weighted by molar-refractivity contribution is 8.00. The van der Waals surface area contributed by atoms with E-state index in [0.717, 1.165) is 11.8 Å². The molecule has 5 N–H and O–H groups in total. The number of para-hydroxylation sites is 1. The first-order valence-corrected chi connectivity index (χ1v) is 11.3. The van der Waals surface area contributed by atoms with E-state index < -0.39 is 16.7 Å². The Morgan fingerprint density at radius 3 is 2.24 bits per heavy atom. The SMILES string of the molecule is CC(C)C(=O)Nc1ccccc1-c1nnc(SC(C)C(=O)Nc2ccc(C(N)=O)cc2)[nH]c1=O. The number of rotatable bonds is 8. The van der Waals surface area contributed by atoms with Crippen LogP contribution in [0.25, 0.3) is 11.3 Å². The molecule has 176 valence electrons. The van der Waals surface area contributed by atoms with Gasteiger partial charge in [-0.1, -0.05) is 43.8 Å². The molecule has 3 rings (SSSR count). The normalized spacial score (nSPS) is 11.6. The van der Waals surface area contributed by atoms with Gasteiger partial charge in [0.25, 0.3) is 5.56 Å². The first kappa shape index (κ1) is 24.6. The van der Waals surface area contributed by atoms with E-state index in [2.05, 4.69) is 25.8 Å². The smallest absolute Gasteiger partial charge is 0.278 e. The Balaban J connectivity index is 1.72. The Morgan fingerprint density at radius 1 is 0.941 bits per heavy atom. The van der Waals surface area contributed by atoms with Crippen molar-refractivity contribution in [2.24, 2.45) is 11.7 Å². The lowest BCUT2D eigenvalue weighted by atomic mass is 10.1. The van der Waals surface area contributed by atoms with Gasteiger partial charge in [-0.25, -0.2) is 0 Å². The summed E-state index contributed by atoms with van der Waals surface area (Å²) in [6.07, 6.45) is 0. The minimum absolute atomic E-state index is 0.0515. The minimum Gasteiger partial charge on any atom is -0.366 e. The summed E-state index contributed by atoms with van der Waals surface area (Å²) in [6, 6.07) is 13.0. The van der Waals surface area contributed by atoms with Crippen LogP contribution in [0.15, 0.2) is 58.5 Å². The van der Waals surface area contributed by atoms with Crippen LogP contribution in [0.1, 0.15) is 31.1 Å². The van der Waals surface area contributed by atoms with Crippen molar-refractivity contribution in [2.75, 3.05) is 10.6 Å². The number of aromatic amines is 1. The summed E-state index contributed by atoms with van der Waals surface area (Å²) in [5.41, 5.74) is 6.48. The molecule has 2 aromatic carbocycles. The molecule has 0 fully saturated rings. The summed E-state index contributed by atoms with van der Waals surface area (Å²) in [4.78, 5) is 51.1. The number of thioether (sulfide) groups is 1. The van der Waals surface area contributed by atoms with Gasteiger partial charge in [-0.15, -0.1) is 10.2 Å². The Morgan fingerprint density at radius 2 is 1.62 bits per heavy atom. The monoisotopic (exact) mass is 480 g/mol. The molecule has 0 aliphatic rings. The van der Waals surface area contributed by atoms with E-state index in [1.165, 1.54) is 12.1 Å². The minimum atomic E-state index is -0.607. The maximum atomic E-state index is 12.7. The standard InChI is InChI=1S/C23H24N6O4S/c1-12(2)20(31)26-17-7-5-4-6-16(17)18-22(33)27-23(29-28-18)34-13(3)21(32)25-15-10-8-14(9-11-15)19(24)30/h4-13H,1-3H3,(H2,24,30)(H,25,32)(H,26,31)(H,27,29,33). The molecule has 11 heteroatoms. The number of H-pyrrole nitrogens is 1. The van der Waals surface area contributed by atoms with Gasteiger partial charge < -0.3 is 16.4 Å². The number of hydrogen-bond acceptors (Lipinski definition) is 7. The third kappa shape index (κ3) is 6.07. The van der Waals surface area contributed by atoms with Gasteiger partial charge in [0.05, 0.1) is 10.9 Å². The quantitative estimate of drug-likeness (QED) is 0.361. The van der Waals surface area contributed by atoms with Crippen molar-refractivity contribution in [2.45, 2.75) is 31.2 Å². The number of amides is 3. The first-order chi connectivity index (χ1) is 16.2. The van der Waals surface area contributed by atoms with Crippen LogP contribution in [-0.4, -0.2) is 38.2 Å². The van der Waals surface area contributed by atoms with Crippen LogP contribution in [0.5, 0.6) is 0 Å². The molecule has 0 saturated heterocycles. The number of carbonyl (C=O) groups excluding carboxylic acids is 3. The second-order valence-electron chi connectivity index (χ2n) is 7.69. The lowest BCUT2D eigenvalue weighted by Crippen LogP contribution is -2.24. The van der Waals surface area contributed by atoms with Crippen molar-refractivity contribution in [1.29, 1.82) is 0 Å².